The van der Waals surface area contributed by atoms with Crippen LogP contribution < -0.4 is 5.73 Å². The van der Waals surface area contributed by atoms with Crippen LogP contribution >= 0.6 is 15.9 Å². The lowest BCUT2D eigenvalue weighted by atomic mass is 10.1. The van der Waals surface area contributed by atoms with Crippen molar-refractivity contribution in [2.24, 2.45) is 0 Å². The van der Waals surface area contributed by atoms with E-state index >= 15 is 0 Å². The highest BCUT2D eigenvalue weighted by atomic mass is 79.9. The fraction of sp³-hybridized carbons (Fsp3) is 0.400. The zero-order valence-electron chi connectivity index (χ0n) is 8.11. The summed E-state index contributed by atoms with van der Waals surface area (Å²) in [6.07, 6.45) is 0. The first-order valence-electron chi connectivity index (χ1n) is 4.14. The molecular weight excluding hydrogens is 214 g/mol. The summed E-state index contributed by atoms with van der Waals surface area (Å²) in [6.45, 7) is 8.08. The second-order valence-electron chi connectivity index (χ2n) is 2.40. The van der Waals surface area contributed by atoms with E-state index in [9.17, 15) is 0 Å². The van der Waals surface area contributed by atoms with Crippen molar-refractivity contribution in [1.29, 1.82) is 0 Å². The number of halogens is 1. The van der Waals surface area contributed by atoms with Crippen LogP contribution in [-0.2, 0) is 0 Å². The van der Waals surface area contributed by atoms with Gasteiger partial charge in [0, 0.05) is 10.2 Å². The van der Waals surface area contributed by atoms with Gasteiger partial charge < -0.3 is 5.73 Å². The van der Waals surface area contributed by atoms with Gasteiger partial charge in [-0.05, 0) is 47.0 Å². The summed E-state index contributed by atoms with van der Waals surface area (Å²) in [5.41, 5.74) is 8.98. The monoisotopic (exact) mass is 229 g/mol. The molecule has 0 aliphatic heterocycles. The van der Waals surface area contributed by atoms with Crippen LogP contribution in [0, 0.1) is 13.8 Å². The zero-order chi connectivity index (χ0) is 9.72. The zero-order valence-corrected chi connectivity index (χ0v) is 9.70. The largest absolute Gasteiger partial charge is 0.398 e. The average Bonchev–Trinajstić information content (AvgIpc) is 2.12. The van der Waals surface area contributed by atoms with E-state index in [0.717, 1.165) is 15.7 Å². The van der Waals surface area contributed by atoms with Crippen molar-refractivity contribution in [1.82, 2.24) is 0 Å². The number of rotatable bonds is 0. The fourth-order valence-corrected chi connectivity index (χ4v) is 1.23. The first-order chi connectivity index (χ1) is 5.63. The quantitative estimate of drug-likeness (QED) is 0.676. The molecule has 2 N–H and O–H groups in total. The summed E-state index contributed by atoms with van der Waals surface area (Å²) in [5, 5.41) is 0. The molecule has 2 heteroatoms. The molecule has 1 rings (SSSR count). The summed E-state index contributed by atoms with van der Waals surface area (Å²) in [4.78, 5) is 0. The maximum atomic E-state index is 5.74. The molecule has 0 amide bonds. The van der Waals surface area contributed by atoms with E-state index in [4.69, 9.17) is 5.73 Å². The highest BCUT2D eigenvalue weighted by molar-refractivity contribution is 9.10. The summed E-state index contributed by atoms with van der Waals surface area (Å²) >= 11 is 3.36. The van der Waals surface area contributed by atoms with Crippen LogP contribution in [0.5, 0.6) is 0 Å². The Balaban J connectivity index is 0.000000561. The number of hydrogen-bond acceptors (Lipinski definition) is 1. The van der Waals surface area contributed by atoms with Gasteiger partial charge in [-0.3, -0.25) is 0 Å². The minimum absolute atomic E-state index is 0.847. The Morgan fingerprint density at radius 1 is 1.17 bits per heavy atom. The molecule has 0 atom stereocenters. The van der Waals surface area contributed by atoms with E-state index in [2.05, 4.69) is 28.9 Å². The topological polar surface area (TPSA) is 26.0 Å². The molecule has 1 aromatic rings. The molecule has 0 spiro atoms. The van der Waals surface area contributed by atoms with Crippen molar-refractivity contribution in [3.8, 4) is 0 Å². The van der Waals surface area contributed by atoms with Crippen molar-refractivity contribution in [2.45, 2.75) is 27.7 Å². The van der Waals surface area contributed by atoms with Crippen molar-refractivity contribution >= 4 is 21.6 Å². The molecule has 0 unspecified atom stereocenters. The van der Waals surface area contributed by atoms with Gasteiger partial charge in [0.1, 0.15) is 0 Å². The second-order valence-corrected chi connectivity index (χ2v) is 3.26. The van der Waals surface area contributed by atoms with Gasteiger partial charge in [0.15, 0.2) is 0 Å². The molecule has 0 aromatic heterocycles. The van der Waals surface area contributed by atoms with Gasteiger partial charge in [0.25, 0.3) is 0 Å². The summed E-state index contributed by atoms with van der Waals surface area (Å²) < 4.78 is 0.982. The van der Waals surface area contributed by atoms with Crippen LogP contribution in [0.25, 0.3) is 0 Å². The lowest BCUT2D eigenvalue weighted by molar-refractivity contribution is 1.33. The van der Waals surface area contributed by atoms with E-state index in [1.165, 1.54) is 5.56 Å². The standard InChI is InChI=1S/C8H10BrN.C2H6/c1-5-3-4-7(9)8(10)6(5)2;1-2/h3-4H,10H2,1-2H3;1-2H3. The minimum Gasteiger partial charge on any atom is -0.398 e. The maximum absolute atomic E-state index is 5.74. The second kappa shape index (κ2) is 5.20. The molecule has 0 heterocycles. The van der Waals surface area contributed by atoms with Crippen molar-refractivity contribution < 1.29 is 0 Å². The minimum atomic E-state index is 0.847. The van der Waals surface area contributed by atoms with E-state index in [1.54, 1.807) is 0 Å². The van der Waals surface area contributed by atoms with Crippen molar-refractivity contribution in [2.75, 3.05) is 5.73 Å². The molecule has 68 valence electrons. The maximum Gasteiger partial charge on any atom is 0.0490 e. The first kappa shape index (κ1) is 11.5. The summed E-state index contributed by atoms with van der Waals surface area (Å²) in [5.74, 6) is 0. The van der Waals surface area contributed by atoms with Crippen LogP contribution in [0.15, 0.2) is 16.6 Å². The molecule has 1 nitrogen and oxygen atoms in total. The smallest absolute Gasteiger partial charge is 0.0490 e. The third-order valence-corrected chi connectivity index (χ3v) is 2.42. The number of hydrogen-bond donors (Lipinski definition) is 1. The van der Waals surface area contributed by atoms with Gasteiger partial charge in [0.2, 0.25) is 0 Å². The SMILES string of the molecule is CC.Cc1ccc(Br)c(N)c1C. The van der Waals surface area contributed by atoms with E-state index in [0.29, 0.717) is 0 Å². The van der Waals surface area contributed by atoms with E-state index < -0.39 is 0 Å². The van der Waals surface area contributed by atoms with Gasteiger partial charge >= 0.3 is 0 Å². The fourth-order valence-electron chi connectivity index (χ4n) is 0.804. The molecule has 0 radical (unpaired) electrons. The Hall–Kier alpha value is -0.500. The molecule has 1 aromatic carbocycles. The molecule has 0 fully saturated rings. The number of anilines is 1. The molecule has 12 heavy (non-hydrogen) atoms. The highest BCUT2D eigenvalue weighted by Crippen LogP contribution is 2.24. The Bertz CT molecular complexity index is 229. The number of benzene rings is 1. The van der Waals surface area contributed by atoms with E-state index in [1.807, 2.05) is 26.8 Å². The lowest BCUT2D eigenvalue weighted by Gasteiger charge is -2.04. The number of nitrogen functional groups attached to an aromatic ring is 1. The lowest BCUT2D eigenvalue weighted by Crippen LogP contribution is -1.92. The number of nitrogens with two attached hydrogens (primary N) is 1. The summed E-state index contributed by atoms with van der Waals surface area (Å²) in [7, 11) is 0. The highest BCUT2D eigenvalue weighted by Gasteiger charge is 1.99. The molecule has 0 aliphatic carbocycles. The Labute approximate surface area is 83.1 Å². The molecule has 0 saturated heterocycles. The molecule has 0 aliphatic rings. The van der Waals surface area contributed by atoms with Crippen molar-refractivity contribution in [3.05, 3.63) is 27.7 Å². The molecular formula is C10H16BrN. The van der Waals surface area contributed by atoms with Crippen molar-refractivity contribution in [3.63, 3.8) is 0 Å². The van der Waals surface area contributed by atoms with Gasteiger partial charge in [-0.25, -0.2) is 0 Å². The normalized spacial score (nSPS) is 8.75. The predicted molar refractivity (Wildman–Crippen MR) is 59.4 cm³/mol. The van der Waals surface area contributed by atoms with Crippen LogP contribution in [0.2, 0.25) is 0 Å². The van der Waals surface area contributed by atoms with Crippen LogP contribution in [0.1, 0.15) is 25.0 Å². The van der Waals surface area contributed by atoms with Gasteiger partial charge in [-0.15, -0.1) is 0 Å². The third-order valence-electron chi connectivity index (χ3n) is 1.73. The Morgan fingerprint density at radius 2 is 1.67 bits per heavy atom. The molecule has 0 bridgehead atoms. The van der Waals surface area contributed by atoms with Gasteiger partial charge in [-0.2, -0.15) is 0 Å². The van der Waals surface area contributed by atoms with Crippen LogP contribution in [0.4, 0.5) is 5.69 Å². The Kier molecular flexibility index (Phi) is 4.98. The average molecular weight is 230 g/mol. The van der Waals surface area contributed by atoms with Crippen LogP contribution in [-0.4, -0.2) is 0 Å². The summed E-state index contributed by atoms with van der Waals surface area (Å²) in [6, 6.07) is 4.02. The number of aryl methyl sites for hydroxylation is 1. The van der Waals surface area contributed by atoms with Crippen LogP contribution in [0.3, 0.4) is 0 Å². The third kappa shape index (κ3) is 2.52. The Morgan fingerprint density at radius 3 is 2.08 bits per heavy atom. The van der Waals surface area contributed by atoms with Gasteiger partial charge in [-0.1, -0.05) is 19.9 Å². The predicted octanol–water partition coefficient (Wildman–Crippen LogP) is 3.67. The van der Waals surface area contributed by atoms with Gasteiger partial charge in [0.05, 0.1) is 0 Å². The molecule has 0 saturated carbocycles. The first-order valence-corrected chi connectivity index (χ1v) is 4.93. The van der Waals surface area contributed by atoms with E-state index in [-0.39, 0.29) is 0 Å².